The molecule has 2 heterocycles. The summed E-state index contributed by atoms with van der Waals surface area (Å²) in [6, 6.07) is 1.70. The molecule has 0 spiro atoms. The Morgan fingerprint density at radius 3 is 3.00 bits per heavy atom. The van der Waals surface area contributed by atoms with E-state index in [1.165, 1.54) is 0 Å². The third-order valence-corrected chi connectivity index (χ3v) is 3.18. The maximum Gasteiger partial charge on any atom is 0.158 e. The van der Waals surface area contributed by atoms with Gasteiger partial charge in [-0.25, -0.2) is 4.98 Å². The molecule has 1 fully saturated rings. The van der Waals surface area contributed by atoms with E-state index < -0.39 is 0 Å². The molecule has 0 aromatic carbocycles. The van der Waals surface area contributed by atoms with Crippen LogP contribution in [0.2, 0.25) is 10.2 Å². The third-order valence-electron chi connectivity index (χ3n) is 2.50. The van der Waals surface area contributed by atoms with Crippen LogP contribution in [0.1, 0.15) is 24.8 Å². The second-order valence-electron chi connectivity index (χ2n) is 3.67. The van der Waals surface area contributed by atoms with Gasteiger partial charge in [0.1, 0.15) is 5.15 Å². The maximum absolute atomic E-state index is 6.00. The molecule has 88 valence electrons. The van der Waals surface area contributed by atoms with Crippen LogP contribution in [0.25, 0.3) is 0 Å². The molecule has 1 atom stereocenters. The molecular formula is C11H13Cl2NO2. The summed E-state index contributed by atoms with van der Waals surface area (Å²) < 4.78 is 11.1. The molecular weight excluding hydrogens is 249 g/mol. The highest BCUT2D eigenvalue weighted by molar-refractivity contribution is 6.35. The molecule has 0 radical (unpaired) electrons. The van der Waals surface area contributed by atoms with Crippen LogP contribution in [0.4, 0.5) is 0 Å². The second kappa shape index (κ2) is 5.82. The van der Waals surface area contributed by atoms with E-state index in [1.807, 2.05) is 0 Å². The van der Waals surface area contributed by atoms with E-state index in [2.05, 4.69) is 4.98 Å². The zero-order chi connectivity index (χ0) is 11.4. The van der Waals surface area contributed by atoms with E-state index in [4.69, 9.17) is 32.7 Å². The first-order valence-electron chi connectivity index (χ1n) is 5.29. The van der Waals surface area contributed by atoms with Gasteiger partial charge in [-0.3, -0.25) is 0 Å². The molecule has 5 heteroatoms. The normalized spacial score (nSPS) is 21.0. The smallest absolute Gasteiger partial charge is 0.158 e. The molecule has 3 nitrogen and oxygen atoms in total. The minimum atomic E-state index is -0.138. The average molecular weight is 262 g/mol. The standard InChI is InChI=1S/C11H13Cl2NO2/c12-9-4-5-14-11(13)8(9)7-16-10-3-1-2-6-15-10/h4-5,10H,1-3,6-7H2. The molecule has 1 unspecified atom stereocenters. The summed E-state index contributed by atoms with van der Waals surface area (Å²) in [6.45, 7) is 1.11. The van der Waals surface area contributed by atoms with Crippen molar-refractivity contribution < 1.29 is 9.47 Å². The molecule has 1 aliphatic rings. The van der Waals surface area contributed by atoms with Crippen molar-refractivity contribution in [2.75, 3.05) is 6.61 Å². The lowest BCUT2D eigenvalue weighted by molar-refractivity contribution is -0.168. The van der Waals surface area contributed by atoms with Crippen molar-refractivity contribution in [1.82, 2.24) is 4.98 Å². The first kappa shape index (κ1) is 12.1. The van der Waals surface area contributed by atoms with E-state index in [0.717, 1.165) is 31.4 Å². The molecule has 0 N–H and O–H groups in total. The minimum absolute atomic E-state index is 0.138. The third kappa shape index (κ3) is 3.08. The van der Waals surface area contributed by atoms with Crippen molar-refractivity contribution >= 4 is 23.2 Å². The van der Waals surface area contributed by atoms with Gasteiger partial charge in [0.2, 0.25) is 0 Å². The largest absolute Gasteiger partial charge is 0.353 e. The van der Waals surface area contributed by atoms with Gasteiger partial charge in [-0.2, -0.15) is 0 Å². The van der Waals surface area contributed by atoms with Gasteiger partial charge in [0, 0.05) is 18.4 Å². The van der Waals surface area contributed by atoms with Crippen molar-refractivity contribution in [3.8, 4) is 0 Å². The molecule has 1 aliphatic heterocycles. The Balaban J connectivity index is 1.93. The Kier molecular flexibility index (Phi) is 4.41. The van der Waals surface area contributed by atoms with E-state index >= 15 is 0 Å². The molecule has 1 aromatic rings. The average Bonchev–Trinajstić information content (AvgIpc) is 2.30. The van der Waals surface area contributed by atoms with Crippen LogP contribution in [-0.2, 0) is 16.1 Å². The summed E-state index contributed by atoms with van der Waals surface area (Å²) in [7, 11) is 0. The summed E-state index contributed by atoms with van der Waals surface area (Å²) in [6.07, 6.45) is 4.61. The summed E-state index contributed by atoms with van der Waals surface area (Å²) >= 11 is 11.9. The molecule has 0 aliphatic carbocycles. The topological polar surface area (TPSA) is 31.4 Å². The van der Waals surface area contributed by atoms with Crippen LogP contribution in [0, 0.1) is 0 Å². The van der Waals surface area contributed by atoms with E-state index in [-0.39, 0.29) is 6.29 Å². The van der Waals surface area contributed by atoms with Crippen LogP contribution >= 0.6 is 23.2 Å². The number of hydrogen-bond donors (Lipinski definition) is 0. The van der Waals surface area contributed by atoms with Gasteiger partial charge >= 0.3 is 0 Å². The predicted octanol–water partition coefficient (Wildman–Crippen LogP) is 3.43. The van der Waals surface area contributed by atoms with Crippen LogP contribution in [-0.4, -0.2) is 17.9 Å². The minimum Gasteiger partial charge on any atom is -0.353 e. The molecule has 0 bridgehead atoms. The van der Waals surface area contributed by atoms with Gasteiger partial charge in [0.25, 0.3) is 0 Å². The van der Waals surface area contributed by atoms with Crippen LogP contribution < -0.4 is 0 Å². The van der Waals surface area contributed by atoms with Crippen molar-refractivity contribution in [2.24, 2.45) is 0 Å². The highest BCUT2D eigenvalue weighted by Crippen LogP contribution is 2.24. The first-order valence-corrected chi connectivity index (χ1v) is 6.05. The number of pyridine rings is 1. The summed E-state index contributed by atoms with van der Waals surface area (Å²) in [5, 5.41) is 0.971. The van der Waals surface area contributed by atoms with Crippen LogP contribution in [0.15, 0.2) is 12.3 Å². The summed E-state index contributed by atoms with van der Waals surface area (Å²) in [5.74, 6) is 0. The van der Waals surface area contributed by atoms with Gasteiger partial charge in [-0.15, -0.1) is 0 Å². The fraction of sp³-hybridized carbons (Fsp3) is 0.545. The summed E-state index contributed by atoms with van der Waals surface area (Å²) in [4.78, 5) is 3.96. The number of hydrogen-bond acceptors (Lipinski definition) is 3. The number of nitrogens with zero attached hydrogens (tertiary/aromatic N) is 1. The van der Waals surface area contributed by atoms with Crippen molar-refractivity contribution in [2.45, 2.75) is 32.2 Å². The Hall–Kier alpha value is -0.350. The van der Waals surface area contributed by atoms with Crippen molar-refractivity contribution in [3.63, 3.8) is 0 Å². The fourth-order valence-corrected chi connectivity index (χ4v) is 2.05. The van der Waals surface area contributed by atoms with Gasteiger partial charge < -0.3 is 9.47 Å². The molecule has 2 rings (SSSR count). The Bertz CT molecular complexity index is 334. The van der Waals surface area contributed by atoms with Gasteiger partial charge in [0.15, 0.2) is 6.29 Å². The lowest BCUT2D eigenvalue weighted by atomic mass is 10.2. The van der Waals surface area contributed by atoms with E-state index in [0.29, 0.717) is 16.8 Å². The van der Waals surface area contributed by atoms with Crippen molar-refractivity contribution in [3.05, 3.63) is 28.0 Å². The molecule has 1 aromatic heterocycles. The number of halogens is 2. The van der Waals surface area contributed by atoms with E-state index in [9.17, 15) is 0 Å². The zero-order valence-electron chi connectivity index (χ0n) is 8.79. The van der Waals surface area contributed by atoms with Crippen LogP contribution in [0.5, 0.6) is 0 Å². The van der Waals surface area contributed by atoms with Gasteiger partial charge in [0.05, 0.1) is 11.6 Å². The highest BCUT2D eigenvalue weighted by atomic mass is 35.5. The molecule has 1 saturated heterocycles. The van der Waals surface area contributed by atoms with Gasteiger partial charge in [-0.1, -0.05) is 23.2 Å². The summed E-state index contributed by atoms with van der Waals surface area (Å²) in [5.41, 5.74) is 0.722. The second-order valence-corrected chi connectivity index (χ2v) is 4.43. The maximum atomic E-state index is 6.00. The number of rotatable bonds is 3. The zero-order valence-corrected chi connectivity index (χ0v) is 10.3. The van der Waals surface area contributed by atoms with Gasteiger partial charge in [-0.05, 0) is 25.3 Å². The van der Waals surface area contributed by atoms with E-state index in [1.54, 1.807) is 12.3 Å². The van der Waals surface area contributed by atoms with Crippen molar-refractivity contribution in [1.29, 1.82) is 0 Å². The molecule has 16 heavy (non-hydrogen) atoms. The number of ether oxygens (including phenoxy) is 2. The molecule has 0 saturated carbocycles. The quantitative estimate of drug-likeness (QED) is 0.782. The first-order chi connectivity index (χ1) is 7.77. The lowest BCUT2D eigenvalue weighted by Crippen LogP contribution is -2.22. The Labute approximate surface area is 105 Å². The fourth-order valence-electron chi connectivity index (χ4n) is 1.59. The monoisotopic (exact) mass is 261 g/mol. The molecule has 0 amide bonds. The lowest BCUT2D eigenvalue weighted by Gasteiger charge is -2.22. The Morgan fingerprint density at radius 2 is 2.31 bits per heavy atom. The van der Waals surface area contributed by atoms with Crippen LogP contribution in [0.3, 0.4) is 0 Å². The SMILES string of the molecule is Clc1ccnc(Cl)c1COC1CCCCO1. The highest BCUT2D eigenvalue weighted by Gasteiger charge is 2.15. The Morgan fingerprint density at radius 1 is 1.44 bits per heavy atom. The predicted molar refractivity (Wildman–Crippen MR) is 62.6 cm³/mol. The number of aromatic nitrogens is 1.